The lowest BCUT2D eigenvalue weighted by Gasteiger charge is -1.97. The Morgan fingerprint density at radius 3 is 2.54 bits per heavy atom. The molecule has 13 heavy (non-hydrogen) atoms. The monoisotopic (exact) mass is 194 g/mol. The highest BCUT2D eigenvalue weighted by Gasteiger charge is 2.20. The first kappa shape index (κ1) is 8.31. The Hall–Kier alpha value is -1.29. The Balaban J connectivity index is 2.48. The molecule has 0 saturated heterocycles. The summed E-state index contributed by atoms with van der Waals surface area (Å²) in [5.74, 6) is 0. The molecule has 1 aliphatic rings. The van der Waals surface area contributed by atoms with E-state index in [9.17, 15) is 8.42 Å². The van der Waals surface area contributed by atoms with Gasteiger partial charge in [0.15, 0.2) is 14.9 Å². The molecule has 0 N–H and O–H groups in total. The molecule has 0 atom stereocenters. The summed E-state index contributed by atoms with van der Waals surface area (Å²) in [6, 6.07) is 7.33. The van der Waals surface area contributed by atoms with Crippen molar-refractivity contribution in [2.75, 3.05) is 6.26 Å². The highest BCUT2D eigenvalue weighted by Crippen LogP contribution is 2.28. The first-order chi connectivity index (χ1) is 6.07. The summed E-state index contributed by atoms with van der Waals surface area (Å²) >= 11 is 0. The van der Waals surface area contributed by atoms with Crippen molar-refractivity contribution >= 4 is 21.6 Å². The first-order valence-electron chi connectivity index (χ1n) is 3.80. The van der Waals surface area contributed by atoms with Gasteiger partial charge in [-0.25, -0.2) is 13.7 Å². The van der Waals surface area contributed by atoms with E-state index in [0.29, 0.717) is 0 Å². The van der Waals surface area contributed by atoms with E-state index in [1.54, 1.807) is 12.1 Å². The van der Waals surface area contributed by atoms with Gasteiger partial charge >= 0.3 is 0 Å². The third-order valence-electron chi connectivity index (χ3n) is 1.83. The van der Waals surface area contributed by atoms with Gasteiger partial charge in [-0.1, -0.05) is 18.2 Å². The van der Waals surface area contributed by atoms with E-state index in [1.165, 1.54) is 0 Å². The van der Waals surface area contributed by atoms with E-state index < -0.39 is 9.84 Å². The van der Waals surface area contributed by atoms with Crippen molar-refractivity contribution in [1.82, 2.24) is 5.32 Å². The minimum atomic E-state index is -3.18. The van der Waals surface area contributed by atoms with Crippen LogP contribution in [0.1, 0.15) is 5.56 Å². The molecule has 1 aromatic carbocycles. The molecular weight excluding hydrogens is 186 g/mol. The molecule has 0 amide bonds. The Labute approximate surface area is 77.0 Å². The maximum absolute atomic E-state index is 11.1. The van der Waals surface area contributed by atoms with Crippen LogP contribution in [0.5, 0.6) is 0 Å². The molecule has 1 radical (unpaired) electrons. The minimum Gasteiger partial charge on any atom is -0.236 e. The van der Waals surface area contributed by atoms with E-state index in [-0.39, 0.29) is 5.03 Å². The molecule has 67 valence electrons. The summed E-state index contributed by atoms with van der Waals surface area (Å²) < 4.78 is 22.3. The van der Waals surface area contributed by atoms with Gasteiger partial charge in [0, 0.05) is 11.8 Å². The number of sulfone groups is 1. The lowest BCUT2D eigenvalue weighted by molar-refractivity contribution is 0.606. The van der Waals surface area contributed by atoms with Gasteiger partial charge in [-0.15, -0.1) is 0 Å². The van der Waals surface area contributed by atoms with Crippen LogP contribution in [0, 0.1) is 0 Å². The molecule has 3 nitrogen and oxygen atoms in total. The van der Waals surface area contributed by atoms with E-state index in [1.807, 2.05) is 18.2 Å². The number of hydrogen-bond acceptors (Lipinski definition) is 2. The molecule has 0 aliphatic carbocycles. The van der Waals surface area contributed by atoms with Gasteiger partial charge in [-0.2, -0.15) is 0 Å². The van der Waals surface area contributed by atoms with Crippen molar-refractivity contribution in [3.8, 4) is 0 Å². The zero-order valence-corrected chi connectivity index (χ0v) is 7.88. The topological polar surface area (TPSA) is 48.2 Å². The fourth-order valence-corrected chi connectivity index (χ4v) is 1.79. The molecule has 1 aromatic rings. The Bertz CT molecular complexity index is 474. The van der Waals surface area contributed by atoms with Crippen molar-refractivity contribution in [2.45, 2.75) is 0 Å². The molecule has 0 saturated carbocycles. The summed E-state index contributed by atoms with van der Waals surface area (Å²) in [7, 11) is -3.18. The van der Waals surface area contributed by atoms with Gasteiger partial charge in [0.2, 0.25) is 0 Å². The van der Waals surface area contributed by atoms with Crippen molar-refractivity contribution in [3.63, 3.8) is 0 Å². The lowest BCUT2D eigenvalue weighted by Crippen LogP contribution is -2.05. The molecular formula is C9H8NO2S. The number of benzene rings is 1. The van der Waals surface area contributed by atoms with Crippen molar-refractivity contribution < 1.29 is 8.42 Å². The van der Waals surface area contributed by atoms with Crippen LogP contribution >= 0.6 is 0 Å². The summed E-state index contributed by atoms with van der Waals surface area (Å²) in [5, 5.41) is 4.14. The zero-order chi connectivity index (χ0) is 9.47. The number of hydrogen-bond donors (Lipinski definition) is 0. The maximum Gasteiger partial charge on any atom is 0.192 e. The lowest BCUT2D eigenvalue weighted by atomic mass is 10.2. The second-order valence-corrected chi connectivity index (χ2v) is 4.89. The number of nitrogens with zero attached hydrogens (tertiary/aromatic N) is 1. The Morgan fingerprint density at radius 2 is 1.92 bits per heavy atom. The normalized spacial score (nSPS) is 14.7. The van der Waals surface area contributed by atoms with Gasteiger partial charge in [0.1, 0.15) is 0 Å². The van der Waals surface area contributed by atoms with Crippen LogP contribution in [-0.4, -0.2) is 14.7 Å². The van der Waals surface area contributed by atoms with Crippen LogP contribution in [0.3, 0.4) is 0 Å². The largest absolute Gasteiger partial charge is 0.236 e. The molecule has 0 unspecified atom stereocenters. The Morgan fingerprint density at radius 1 is 1.23 bits per heavy atom. The summed E-state index contributed by atoms with van der Waals surface area (Å²) in [6.07, 6.45) is 2.75. The van der Waals surface area contributed by atoms with E-state index in [4.69, 9.17) is 0 Å². The van der Waals surface area contributed by atoms with E-state index in [0.717, 1.165) is 17.5 Å². The van der Waals surface area contributed by atoms with Crippen molar-refractivity contribution in [2.24, 2.45) is 0 Å². The highest BCUT2D eigenvalue weighted by molar-refractivity contribution is 7.94. The van der Waals surface area contributed by atoms with Crippen LogP contribution in [0.4, 0.5) is 5.69 Å². The van der Waals surface area contributed by atoms with E-state index in [2.05, 4.69) is 5.32 Å². The predicted octanol–water partition coefficient (Wildman–Crippen LogP) is 1.28. The Kier molecular flexibility index (Phi) is 1.66. The van der Waals surface area contributed by atoms with E-state index >= 15 is 0 Å². The van der Waals surface area contributed by atoms with Gasteiger partial charge < -0.3 is 0 Å². The third-order valence-corrected chi connectivity index (χ3v) is 2.80. The summed E-state index contributed by atoms with van der Waals surface area (Å²) in [5.41, 5.74) is 1.59. The van der Waals surface area contributed by atoms with Crippen molar-refractivity contribution in [1.29, 1.82) is 0 Å². The van der Waals surface area contributed by atoms with Gasteiger partial charge in [-0.05, 0) is 12.1 Å². The standard InChI is InChI=1S/C9H8NO2S/c1-13(11,12)9-6-7-4-2-3-5-8(7)10-9/h2-6H,1H3. The third kappa shape index (κ3) is 1.45. The maximum atomic E-state index is 11.1. The molecule has 1 heterocycles. The molecule has 4 heteroatoms. The fourth-order valence-electron chi connectivity index (χ4n) is 1.19. The molecule has 1 aliphatic heterocycles. The van der Waals surface area contributed by atoms with Crippen molar-refractivity contribution in [3.05, 3.63) is 34.9 Å². The zero-order valence-electron chi connectivity index (χ0n) is 7.06. The van der Waals surface area contributed by atoms with Gasteiger partial charge in [0.05, 0.1) is 5.69 Å². The number of rotatable bonds is 1. The smallest absolute Gasteiger partial charge is 0.192 e. The second kappa shape index (κ2) is 2.60. The second-order valence-electron chi connectivity index (χ2n) is 2.93. The van der Waals surface area contributed by atoms with Gasteiger partial charge in [0.25, 0.3) is 0 Å². The number of fused-ring (bicyclic) bond motifs is 1. The molecule has 0 aromatic heterocycles. The average molecular weight is 194 g/mol. The average Bonchev–Trinajstić information content (AvgIpc) is 2.45. The van der Waals surface area contributed by atoms with Crippen LogP contribution < -0.4 is 5.32 Å². The van der Waals surface area contributed by atoms with Crippen LogP contribution in [0.2, 0.25) is 0 Å². The highest BCUT2D eigenvalue weighted by atomic mass is 32.2. The fraction of sp³-hybridized carbons (Fsp3) is 0.111. The van der Waals surface area contributed by atoms with Crippen LogP contribution in [0.15, 0.2) is 29.3 Å². The molecule has 2 rings (SSSR count). The molecule has 0 spiro atoms. The quantitative estimate of drug-likeness (QED) is 0.676. The summed E-state index contributed by atoms with van der Waals surface area (Å²) in [4.78, 5) is 0. The van der Waals surface area contributed by atoms with Crippen LogP contribution in [-0.2, 0) is 9.84 Å². The molecule has 0 fully saturated rings. The number of para-hydroxylation sites is 1. The minimum absolute atomic E-state index is 0.147. The predicted molar refractivity (Wildman–Crippen MR) is 51.1 cm³/mol. The van der Waals surface area contributed by atoms with Gasteiger partial charge in [-0.3, -0.25) is 0 Å². The molecule has 0 bridgehead atoms. The summed E-state index contributed by atoms with van der Waals surface area (Å²) in [6.45, 7) is 0. The first-order valence-corrected chi connectivity index (χ1v) is 5.69. The SMILES string of the molecule is CS(=O)(=O)C1=Cc2ccccc2[N]1. The van der Waals surface area contributed by atoms with Crippen LogP contribution in [0.25, 0.3) is 6.08 Å².